The van der Waals surface area contributed by atoms with Crippen LogP contribution in [0.4, 0.5) is 0 Å². The van der Waals surface area contributed by atoms with Crippen LogP contribution in [0.5, 0.6) is 0 Å². The summed E-state index contributed by atoms with van der Waals surface area (Å²) in [4.78, 5) is 11.6. The molecular formula is C13H24O. The Balaban J connectivity index is 2.56. The monoisotopic (exact) mass is 196 g/mol. The molecule has 1 unspecified atom stereocenters. The molecule has 1 fully saturated rings. The first-order valence-electron chi connectivity index (χ1n) is 6.02. The second kappa shape index (κ2) is 4.95. The van der Waals surface area contributed by atoms with Crippen molar-refractivity contribution in [3.63, 3.8) is 0 Å². The molecule has 1 saturated carbocycles. The van der Waals surface area contributed by atoms with Gasteiger partial charge in [-0.3, -0.25) is 4.79 Å². The molecule has 1 rings (SSSR count). The van der Waals surface area contributed by atoms with Gasteiger partial charge in [-0.05, 0) is 37.5 Å². The second-order valence-corrected chi connectivity index (χ2v) is 5.40. The van der Waals surface area contributed by atoms with E-state index >= 15 is 0 Å². The van der Waals surface area contributed by atoms with E-state index < -0.39 is 0 Å². The molecule has 0 aromatic carbocycles. The van der Waals surface area contributed by atoms with E-state index in [0.717, 1.165) is 5.92 Å². The average molecular weight is 196 g/mol. The van der Waals surface area contributed by atoms with Gasteiger partial charge in [-0.15, -0.1) is 0 Å². The lowest BCUT2D eigenvalue weighted by Gasteiger charge is -2.33. The third kappa shape index (κ3) is 2.83. The molecule has 1 heteroatoms. The Labute approximate surface area is 88.3 Å². The van der Waals surface area contributed by atoms with Crippen molar-refractivity contribution in [3.05, 3.63) is 0 Å². The van der Waals surface area contributed by atoms with Crippen LogP contribution in [0, 0.1) is 23.7 Å². The third-order valence-corrected chi connectivity index (χ3v) is 3.76. The molecule has 14 heavy (non-hydrogen) atoms. The standard InChI is InChI=1S/C13H24O/c1-9(2)13(11(4)14)12-7-5-10(3)6-8-12/h9-10,12-13H,5-8H2,1-4H3. The summed E-state index contributed by atoms with van der Waals surface area (Å²) in [5.74, 6) is 2.79. The Kier molecular flexibility index (Phi) is 4.15. The zero-order valence-corrected chi connectivity index (χ0v) is 10.0. The summed E-state index contributed by atoms with van der Waals surface area (Å²) in [7, 11) is 0. The highest BCUT2D eigenvalue weighted by Gasteiger charge is 2.30. The smallest absolute Gasteiger partial charge is 0.133 e. The van der Waals surface area contributed by atoms with Gasteiger partial charge < -0.3 is 0 Å². The maximum absolute atomic E-state index is 11.6. The molecule has 1 aliphatic carbocycles. The Morgan fingerprint density at radius 1 is 1.14 bits per heavy atom. The van der Waals surface area contributed by atoms with Crippen LogP contribution in [0.3, 0.4) is 0 Å². The molecule has 0 bridgehead atoms. The van der Waals surface area contributed by atoms with Crippen LogP contribution in [-0.2, 0) is 4.79 Å². The van der Waals surface area contributed by atoms with E-state index in [1.807, 2.05) is 0 Å². The fourth-order valence-corrected chi connectivity index (χ4v) is 2.99. The topological polar surface area (TPSA) is 17.1 Å². The van der Waals surface area contributed by atoms with Gasteiger partial charge in [-0.25, -0.2) is 0 Å². The van der Waals surface area contributed by atoms with Gasteiger partial charge in [0, 0.05) is 5.92 Å². The SMILES string of the molecule is CC(=O)C(C(C)C)C1CCC(C)CC1. The van der Waals surface area contributed by atoms with Gasteiger partial charge in [0.05, 0.1) is 0 Å². The normalized spacial score (nSPS) is 30.4. The van der Waals surface area contributed by atoms with Crippen LogP contribution in [0.15, 0.2) is 0 Å². The van der Waals surface area contributed by atoms with Crippen LogP contribution < -0.4 is 0 Å². The average Bonchev–Trinajstić information content (AvgIpc) is 2.07. The maximum atomic E-state index is 11.6. The van der Waals surface area contributed by atoms with Gasteiger partial charge >= 0.3 is 0 Å². The highest BCUT2D eigenvalue weighted by Crippen LogP contribution is 2.36. The number of hydrogen-bond donors (Lipinski definition) is 0. The molecular weight excluding hydrogens is 172 g/mol. The summed E-state index contributed by atoms with van der Waals surface area (Å²) in [6, 6.07) is 0. The van der Waals surface area contributed by atoms with Crippen molar-refractivity contribution in [2.24, 2.45) is 23.7 Å². The number of Topliss-reactive ketones (excluding diaryl/α,β-unsaturated/α-hetero) is 1. The van der Waals surface area contributed by atoms with E-state index in [9.17, 15) is 4.79 Å². The van der Waals surface area contributed by atoms with Crippen molar-refractivity contribution >= 4 is 5.78 Å². The molecule has 1 nitrogen and oxygen atoms in total. The summed E-state index contributed by atoms with van der Waals surface area (Å²) < 4.78 is 0. The molecule has 0 radical (unpaired) electrons. The Bertz CT molecular complexity index is 187. The fourth-order valence-electron chi connectivity index (χ4n) is 2.99. The van der Waals surface area contributed by atoms with Crippen LogP contribution in [-0.4, -0.2) is 5.78 Å². The van der Waals surface area contributed by atoms with E-state index in [0.29, 0.717) is 23.5 Å². The van der Waals surface area contributed by atoms with Gasteiger partial charge in [0.2, 0.25) is 0 Å². The van der Waals surface area contributed by atoms with Gasteiger partial charge in [0.25, 0.3) is 0 Å². The molecule has 0 amide bonds. The molecule has 0 heterocycles. The Hall–Kier alpha value is -0.330. The maximum Gasteiger partial charge on any atom is 0.133 e. The molecule has 0 saturated heterocycles. The van der Waals surface area contributed by atoms with Crippen LogP contribution in [0.1, 0.15) is 53.4 Å². The van der Waals surface area contributed by atoms with E-state index in [1.54, 1.807) is 6.92 Å². The molecule has 1 atom stereocenters. The number of hydrogen-bond acceptors (Lipinski definition) is 1. The van der Waals surface area contributed by atoms with Crippen molar-refractivity contribution in [2.75, 3.05) is 0 Å². The van der Waals surface area contributed by atoms with Crippen LogP contribution in [0.2, 0.25) is 0 Å². The van der Waals surface area contributed by atoms with Crippen molar-refractivity contribution in [1.29, 1.82) is 0 Å². The van der Waals surface area contributed by atoms with E-state index in [-0.39, 0.29) is 0 Å². The van der Waals surface area contributed by atoms with Crippen LogP contribution >= 0.6 is 0 Å². The lowest BCUT2D eigenvalue weighted by molar-refractivity contribution is -0.124. The highest BCUT2D eigenvalue weighted by atomic mass is 16.1. The number of ketones is 1. The third-order valence-electron chi connectivity index (χ3n) is 3.76. The first-order valence-corrected chi connectivity index (χ1v) is 6.02. The first kappa shape index (κ1) is 11.7. The van der Waals surface area contributed by atoms with Gasteiger partial charge in [0.15, 0.2) is 0 Å². The summed E-state index contributed by atoms with van der Waals surface area (Å²) in [5.41, 5.74) is 0. The second-order valence-electron chi connectivity index (χ2n) is 5.40. The number of carbonyl (C=O) groups is 1. The van der Waals surface area contributed by atoms with Crippen LogP contribution in [0.25, 0.3) is 0 Å². The van der Waals surface area contributed by atoms with Crippen molar-refractivity contribution in [3.8, 4) is 0 Å². The molecule has 0 aliphatic heterocycles. The van der Waals surface area contributed by atoms with E-state index in [1.165, 1.54) is 25.7 Å². The molecule has 1 aliphatic rings. The molecule has 0 aromatic heterocycles. The van der Waals surface area contributed by atoms with Crippen molar-refractivity contribution in [1.82, 2.24) is 0 Å². The van der Waals surface area contributed by atoms with Gasteiger partial charge in [-0.1, -0.05) is 33.6 Å². The fraction of sp³-hybridized carbons (Fsp3) is 0.923. The van der Waals surface area contributed by atoms with Gasteiger partial charge in [-0.2, -0.15) is 0 Å². The summed E-state index contributed by atoms with van der Waals surface area (Å²) >= 11 is 0. The van der Waals surface area contributed by atoms with Crippen molar-refractivity contribution < 1.29 is 4.79 Å². The lowest BCUT2D eigenvalue weighted by Crippen LogP contribution is -2.29. The lowest BCUT2D eigenvalue weighted by atomic mass is 9.71. The molecule has 0 spiro atoms. The highest BCUT2D eigenvalue weighted by molar-refractivity contribution is 5.78. The zero-order chi connectivity index (χ0) is 10.7. The zero-order valence-electron chi connectivity index (χ0n) is 10.0. The number of carbonyl (C=O) groups excluding carboxylic acids is 1. The van der Waals surface area contributed by atoms with E-state index in [4.69, 9.17) is 0 Å². The van der Waals surface area contributed by atoms with Gasteiger partial charge in [0.1, 0.15) is 5.78 Å². The first-order chi connectivity index (χ1) is 6.52. The molecule has 0 aromatic rings. The summed E-state index contributed by atoms with van der Waals surface area (Å²) in [5, 5.41) is 0. The predicted octanol–water partition coefficient (Wildman–Crippen LogP) is 3.67. The minimum absolute atomic E-state index is 0.322. The Morgan fingerprint density at radius 3 is 2.00 bits per heavy atom. The van der Waals surface area contributed by atoms with E-state index in [2.05, 4.69) is 20.8 Å². The van der Waals surface area contributed by atoms with Crippen molar-refractivity contribution in [2.45, 2.75) is 53.4 Å². The largest absolute Gasteiger partial charge is 0.300 e. The quantitative estimate of drug-likeness (QED) is 0.673. The summed E-state index contributed by atoms with van der Waals surface area (Å²) in [6.45, 7) is 8.46. The number of rotatable bonds is 3. The Morgan fingerprint density at radius 2 is 1.64 bits per heavy atom. The minimum atomic E-state index is 0.322. The molecule has 82 valence electrons. The predicted molar refractivity (Wildman–Crippen MR) is 60.1 cm³/mol. The minimum Gasteiger partial charge on any atom is -0.300 e. The summed E-state index contributed by atoms with van der Waals surface area (Å²) in [6.07, 6.45) is 5.18. The molecule has 0 N–H and O–H groups in total.